The Morgan fingerprint density at radius 1 is 1.14 bits per heavy atom. The van der Waals surface area contributed by atoms with Crippen molar-refractivity contribution in [3.63, 3.8) is 0 Å². The van der Waals surface area contributed by atoms with Gasteiger partial charge in [-0.1, -0.05) is 20.8 Å². The molecule has 0 saturated heterocycles. The molecule has 4 heteroatoms. The second-order valence-electron chi connectivity index (χ2n) is 11.4. The summed E-state index contributed by atoms with van der Waals surface area (Å²) in [6.45, 7) is 7.18. The van der Waals surface area contributed by atoms with Crippen LogP contribution in [0.25, 0.3) is 0 Å². The van der Waals surface area contributed by atoms with Crippen LogP contribution in [0, 0.1) is 46.3 Å². The van der Waals surface area contributed by atoms with Crippen LogP contribution in [-0.4, -0.2) is 30.1 Å². The minimum atomic E-state index is -0.210. The molecule has 0 aromatic carbocycles. The summed E-state index contributed by atoms with van der Waals surface area (Å²) in [6.07, 6.45) is 9.40. The number of aliphatic hydroxyl groups excluding tert-OH is 1. The van der Waals surface area contributed by atoms with Crippen LogP contribution in [0.5, 0.6) is 0 Å². The molecule has 1 N–H and O–H groups in total. The first-order chi connectivity index (χ1) is 13.7. The summed E-state index contributed by atoms with van der Waals surface area (Å²) >= 11 is 0. The first-order valence-electron chi connectivity index (χ1n) is 12.0. The third-order valence-electron chi connectivity index (χ3n) is 10.2. The molecular formula is C25H40O4. The number of carbonyl (C=O) groups is 2. The summed E-state index contributed by atoms with van der Waals surface area (Å²) in [5.41, 5.74) is 0.456. The molecule has 164 valence electrons. The molecule has 4 aliphatic carbocycles. The number of esters is 1. The zero-order chi connectivity index (χ0) is 21.0. The van der Waals surface area contributed by atoms with Crippen molar-refractivity contribution in [3.05, 3.63) is 0 Å². The molecule has 0 aromatic rings. The summed E-state index contributed by atoms with van der Waals surface area (Å²) in [6, 6.07) is 0. The summed E-state index contributed by atoms with van der Waals surface area (Å²) in [5.74, 6) is 3.08. The number of methoxy groups -OCH3 is 1. The van der Waals surface area contributed by atoms with E-state index in [9.17, 15) is 14.7 Å². The van der Waals surface area contributed by atoms with Crippen LogP contribution < -0.4 is 0 Å². The van der Waals surface area contributed by atoms with E-state index in [0.717, 1.165) is 32.1 Å². The fourth-order valence-corrected chi connectivity index (χ4v) is 8.53. The monoisotopic (exact) mass is 404 g/mol. The molecule has 9 atom stereocenters. The molecule has 0 heterocycles. The van der Waals surface area contributed by atoms with Gasteiger partial charge in [0, 0.05) is 18.8 Å². The number of fused-ring (bicyclic) bond motifs is 5. The van der Waals surface area contributed by atoms with Gasteiger partial charge in [0.2, 0.25) is 0 Å². The van der Waals surface area contributed by atoms with Crippen LogP contribution in [0.1, 0.15) is 85.0 Å². The van der Waals surface area contributed by atoms with Gasteiger partial charge in [0.05, 0.1) is 13.2 Å². The number of ketones is 1. The van der Waals surface area contributed by atoms with Crippen LogP contribution in [0.4, 0.5) is 0 Å². The van der Waals surface area contributed by atoms with Crippen molar-refractivity contribution in [1.82, 2.24) is 0 Å². The lowest BCUT2D eigenvalue weighted by Crippen LogP contribution is -2.57. The molecule has 4 aliphatic rings. The third-order valence-corrected chi connectivity index (χ3v) is 10.2. The molecule has 4 nitrogen and oxygen atoms in total. The number of hydrogen-bond donors (Lipinski definition) is 1. The number of Topliss-reactive ketones (excluding diaryl/α,β-unsaturated/α-hetero) is 1. The molecular weight excluding hydrogens is 364 g/mol. The van der Waals surface area contributed by atoms with Gasteiger partial charge in [-0.25, -0.2) is 0 Å². The number of carbonyl (C=O) groups excluding carboxylic acids is 2. The Labute approximate surface area is 176 Å². The van der Waals surface area contributed by atoms with E-state index >= 15 is 0 Å². The van der Waals surface area contributed by atoms with E-state index in [1.807, 2.05) is 0 Å². The Bertz CT molecular complexity index is 659. The van der Waals surface area contributed by atoms with Gasteiger partial charge in [-0.2, -0.15) is 0 Å². The molecule has 29 heavy (non-hydrogen) atoms. The summed E-state index contributed by atoms with van der Waals surface area (Å²) in [7, 11) is 1.47. The first kappa shape index (κ1) is 21.3. The van der Waals surface area contributed by atoms with Crippen LogP contribution >= 0.6 is 0 Å². The SMILES string of the molecule is COC(=O)CC[C@H](C)C1CCC2C3C(=O)C[C@@H]4C[C@H](O)CC[C@]4(C)C3CC[C@@]21C. The molecule has 4 rings (SSSR count). The predicted molar refractivity (Wildman–Crippen MR) is 112 cm³/mol. The quantitative estimate of drug-likeness (QED) is 0.685. The third kappa shape index (κ3) is 3.38. The zero-order valence-corrected chi connectivity index (χ0v) is 18.8. The van der Waals surface area contributed by atoms with E-state index in [0.29, 0.717) is 48.2 Å². The average Bonchev–Trinajstić information content (AvgIpc) is 3.04. The molecule has 0 bridgehead atoms. The standard InChI is InChI=1S/C25H40O4/c1-15(5-8-22(28)29-4)18-6-7-19-23-20(10-12-25(18,19)3)24(2)11-9-17(26)13-16(24)14-21(23)27/h15-20,23,26H,5-14H2,1-4H3/t15-,16-,17+,18?,19?,20?,23?,24-,25+/m0/s1. The lowest BCUT2D eigenvalue weighted by atomic mass is 9.44. The van der Waals surface area contributed by atoms with Gasteiger partial charge >= 0.3 is 5.97 Å². The minimum Gasteiger partial charge on any atom is -0.469 e. The first-order valence-corrected chi connectivity index (χ1v) is 12.0. The van der Waals surface area contributed by atoms with Crippen LogP contribution in [-0.2, 0) is 14.3 Å². The zero-order valence-electron chi connectivity index (χ0n) is 18.8. The number of ether oxygens (including phenoxy) is 1. The van der Waals surface area contributed by atoms with Crippen molar-refractivity contribution >= 4 is 11.8 Å². The highest BCUT2D eigenvalue weighted by Crippen LogP contribution is 2.67. The fraction of sp³-hybridized carbons (Fsp3) is 0.920. The fourth-order valence-electron chi connectivity index (χ4n) is 8.53. The largest absolute Gasteiger partial charge is 0.469 e. The maximum absolute atomic E-state index is 13.4. The Kier molecular flexibility index (Phi) is 5.63. The molecule has 0 aliphatic heterocycles. The van der Waals surface area contributed by atoms with Crippen molar-refractivity contribution in [3.8, 4) is 0 Å². The Balaban J connectivity index is 1.53. The van der Waals surface area contributed by atoms with E-state index in [4.69, 9.17) is 4.74 Å². The normalized spacial score (nSPS) is 47.7. The van der Waals surface area contributed by atoms with E-state index in [-0.39, 0.29) is 28.8 Å². The van der Waals surface area contributed by atoms with Crippen molar-refractivity contribution in [1.29, 1.82) is 0 Å². The predicted octanol–water partition coefficient (Wildman–Crippen LogP) is 4.77. The van der Waals surface area contributed by atoms with E-state index in [2.05, 4.69) is 20.8 Å². The molecule has 0 radical (unpaired) electrons. The number of aliphatic hydroxyl groups is 1. The number of rotatable bonds is 4. The molecule has 4 saturated carbocycles. The molecule has 0 spiro atoms. The summed E-state index contributed by atoms with van der Waals surface area (Å²) in [4.78, 5) is 25.0. The van der Waals surface area contributed by atoms with Crippen LogP contribution in [0.3, 0.4) is 0 Å². The second-order valence-corrected chi connectivity index (χ2v) is 11.4. The number of hydrogen-bond acceptors (Lipinski definition) is 4. The van der Waals surface area contributed by atoms with Gasteiger partial charge in [-0.15, -0.1) is 0 Å². The highest BCUT2D eigenvalue weighted by atomic mass is 16.5. The van der Waals surface area contributed by atoms with Crippen LogP contribution in [0.15, 0.2) is 0 Å². The molecule has 4 unspecified atom stereocenters. The van der Waals surface area contributed by atoms with Crippen molar-refractivity contribution < 1.29 is 19.4 Å². The molecule has 0 aromatic heterocycles. The van der Waals surface area contributed by atoms with E-state index in [1.54, 1.807) is 0 Å². The van der Waals surface area contributed by atoms with Crippen molar-refractivity contribution in [2.75, 3.05) is 7.11 Å². The van der Waals surface area contributed by atoms with Gasteiger partial charge in [0.1, 0.15) is 5.78 Å². The Morgan fingerprint density at radius 2 is 1.83 bits per heavy atom. The Hall–Kier alpha value is -0.900. The van der Waals surface area contributed by atoms with Gasteiger partial charge in [-0.3, -0.25) is 9.59 Å². The highest BCUT2D eigenvalue weighted by Gasteiger charge is 2.62. The van der Waals surface area contributed by atoms with Crippen molar-refractivity contribution in [2.24, 2.45) is 46.3 Å². The highest BCUT2D eigenvalue weighted by molar-refractivity contribution is 5.83. The minimum absolute atomic E-state index is 0.110. The lowest BCUT2D eigenvalue weighted by Gasteiger charge is -2.60. The maximum Gasteiger partial charge on any atom is 0.305 e. The molecule has 0 amide bonds. The smallest absolute Gasteiger partial charge is 0.305 e. The van der Waals surface area contributed by atoms with Gasteiger partial charge in [-0.05, 0) is 91.8 Å². The van der Waals surface area contributed by atoms with Crippen LogP contribution in [0.2, 0.25) is 0 Å². The van der Waals surface area contributed by atoms with E-state index in [1.165, 1.54) is 26.4 Å². The average molecular weight is 405 g/mol. The lowest BCUT2D eigenvalue weighted by molar-refractivity contribution is -0.160. The Morgan fingerprint density at radius 3 is 2.55 bits per heavy atom. The second kappa shape index (κ2) is 7.66. The van der Waals surface area contributed by atoms with Gasteiger partial charge < -0.3 is 9.84 Å². The topological polar surface area (TPSA) is 63.6 Å². The molecule has 4 fully saturated rings. The van der Waals surface area contributed by atoms with Crippen molar-refractivity contribution in [2.45, 2.75) is 91.1 Å². The van der Waals surface area contributed by atoms with Gasteiger partial charge in [0.25, 0.3) is 0 Å². The van der Waals surface area contributed by atoms with E-state index < -0.39 is 0 Å². The maximum atomic E-state index is 13.4. The summed E-state index contributed by atoms with van der Waals surface area (Å²) in [5, 5.41) is 10.2. The summed E-state index contributed by atoms with van der Waals surface area (Å²) < 4.78 is 4.85. The van der Waals surface area contributed by atoms with Gasteiger partial charge in [0.15, 0.2) is 0 Å².